The minimum absolute atomic E-state index is 0.250. The van der Waals surface area contributed by atoms with Crippen LogP contribution >= 0.6 is 34.5 Å². The predicted octanol–water partition coefficient (Wildman–Crippen LogP) is 7.18. The van der Waals surface area contributed by atoms with Crippen molar-refractivity contribution in [1.82, 2.24) is 4.98 Å². The van der Waals surface area contributed by atoms with Gasteiger partial charge >= 0.3 is 0 Å². The molecule has 2 atom stereocenters. The number of rotatable bonds is 3. The molecule has 0 aliphatic heterocycles. The molecule has 1 aromatic carbocycles. The molecule has 1 aromatic heterocycles. The summed E-state index contributed by atoms with van der Waals surface area (Å²) in [4.78, 5) is 3.94. The van der Waals surface area contributed by atoms with Gasteiger partial charge in [-0.25, -0.2) is 0 Å². The lowest BCUT2D eigenvalue weighted by Crippen LogP contribution is -1.91. The van der Waals surface area contributed by atoms with E-state index in [2.05, 4.69) is 50.2 Å². The van der Waals surface area contributed by atoms with Crippen LogP contribution in [0, 0.1) is 12.8 Å². The molecule has 0 spiro atoms. The molecule has 0 bridgehead atoms. The Balaban J connectivity index is 0.000000300. The Bertz CT molecular complexity index is 620. The van der Waals surface area contributed by atoms with E-state index in [1.807, 2.05) is 30.5 Å². The molecule has 1 nitrogen and oxygen atoms in total. The van der Waals surface area contributed by atoms with E-state index in [4.69, 9.17) is 23.2 Å². The molecule has 130 valence electrons. The molecule has 1 aliphatic rings. The second-order valence-corrected chi connectivity index (χ2v) is 7.99. The highest BCUT2D eigenvalue weighted by atomic mass is 35.5. The third kappa shape index (κ3) is 5.47. The van der Waals surface area contributed by atoms with Gasteiger partial charge in [-0.1, -0.05) is 48.9 Å². The van der Waals surface area contributed by atoms with E-state index in [1.54, 1.807) is 17.5 Å². The first kappa shape index (κ1) is 21.0. The number of halogens is 2. The maximum Gasteiger partial charge on any atom is 0.132 e. The summed E-state index contributed by atoms with van der Waals surface area (Å²) >= 11 is 14.4. The Morgan fingerprint density at radius 3 is 2.33 bits per heavy atom. The zero-order chi connectivity index (χ0) is 18.2. The Morgan fingerprint density at radius 2 is 1.92 bits per heavy atom. The summed E-state index contributed by atoms with van der Waals surface area (Å²) < 4.78 is -0.614. The monoisotopic (exact) mass is 381 g/mol. The number of hydrogen-bond donors (Lipinski definition) is 0. The summed E-state index contributed by atoms with van der Waals surface area (Å²) in [5, 5.41) is 3.10. The largest absolute Gasteiger partial charge is 0.250 e. The third-order valence-electron chi connectivity index (χ3n) is 3.78. The molecule has 4 heteroatoms. The first-order chi connectivity index (χ1) is 11.5. The number of aromatic nitrogens is 1. The lowest BCUT2D eigenvalue weighted by molar-refractivity contribution is 0.921. The molecule has 1 fully saturated rings. The maximum atomic E-state index is 6.36. The van der Waals surface area contributed by atoms with Crippen LogP contribution in [0.2, 0.25) is 0 Å². The number of benzene rings is 1. The second-order valence-electron chi connectivity index (χ2n) is 5.45. The van der Waals surface area contributed by atoms with Crippen molar-refractivity contribution in [3.8, 4) is 0 Å². The van der Waals surface area contributed by atoms with E-state index in [9.17, 15) is 0 Å². The molecule has 0 radical (unpaired) electrons. The average molecular weight is 382 g/mol. The Labute approximate surface area is 160 Å². The summed E-state index contributed by atoms with van der Waals surface area (Å²) in [6.07, 6.45) is 5.06. The van der Waals surface area contributed by atoms with Crippen LogP contribution in [0.25, 0.3) is 0 Å². The molecular weight excluding hydrogens is 357 g/mol. The number of hydrogen-bond acceptors (Lipinski definition) is 2. The summed E-state index contributed by atoms with van der Waals surface area (Å²) in [5.74, 6) is 0.526. The van der Waals surface area contributed by atoms with Crippen molar-refractivity contribution in [2.45, 2.75) is 37.4 Å². The lowest BCUT2D eigenvalue weighted by Gasteiger charge is -1.99. The van der Waals surface area contributed by atoms with Gasteiger partial charge in [0.2, 0.25) is 0 Å². The molecule has 1 heterocycles. The summed E-state index contributed by atoms with van der Waals surface area (Å²) in [6, 6.07) is 10.3. The van der Waals surface area contributed by atoms with Crippen LogP contribution in [0.15, 0.2) is 66.7 Å². The normalized spacial score (nSPS) is 21.0. The van der Waals surface area contributed by atoms with Crippen molar-refractivity contribution < 1.29 is 0 Å². The van der Waals surface area contributed by atoms with E-state index >= 15 is 0 Å². The van der Waals surface area contributed by atoms with Gasteiger partial charge in [-0.05, 0) is 25.8 Å². The fourth-order valence-electron chi connectivity index (χ4n) is 2.71. The van der Waals surface area contributed by atoms with Crippen LogP contribution in [0.5, 0.6) is 0 Å². The fourth-order valence-corrected chi connectivity index (χ4v) is 4.13. The van der Waals surface area contributed by atoms with Gasteiger partial charge in [-0.15, -0.1) is 47.7 Å². The molecule has 1 saturated carbocycles. The number of aryl methyl sites for hydroxylation is 1. The summed E-state index contributed by atoms with van der Waals surface area (Å²) in [5.41, 5.74) is 2.54. The molecule has 24 heavy (non-hydrogen) atoms. The fraction of sp³-hybridized carbons (Fsp3) is 0.350. The van der Waals surface area contributed by atoms with Gasteiger partial charge in [-0.2, -0.15) is 0 Å². The smallest absolute Gasteiger partial charge is 0.132 e. The average Bonchev–Trinajstić information content (AvgIpc) is 2.90. The zero-order valence-electron chi connectivity index (χ0n) is 14.5. The predicted molar refractivity (Wildman–Crippen MR) is 109 cm³/mol. The van der Waals surface area contributed by atoms with Gasteiger partial charge < -0.3 is 0 Å². The third-order valence-corrected chi connectivity index (χ3v) is 5.43. The maximum absolute atomic E-state index is 6.36. The van der Waals surface area contributed by atoms with E-state index in [-0.39, 0.29) is 11.8 Å². The highest BCUT2D eigenvalue weighted by molar-refractivity contribution is 7.09. The second kappa shape index (κ2) is 10.0. The quantitative estimate of drug-likeness (QED) is 0.405. The molecule has 0 saturated heterocycles. The van der Waals surface area contributed by atoms with Crippen molar-refractivity contribution in [2.75, 3.05) is 0 Å². The van der Waals surface area contributed by atoms with Crippen LogP contribution < -0.4 is 0 Å². The highest BCUT2D eigenvalue weighted by Gasteiger charge is 2.64. The number of allylic oxidation sites excluding steroid dienone is 2. The molecular formula is C20H25Cl2NS. The summed E-state index contributed by atoms with van der Waals surface area (Å²) in [7, 11) is 0. The Morgan fingerprint density at radius 1 is 1.29 bits per heavy atom. The molecule has 2 aromatic rings. The summed E-state index contributed by atoms with van der Waals surface area (Å²) in [6.45, 7) is 12.2. The number of alkyl halides is 2. The first-order valence-electron chi connectivity index (χ1n) is 7.94. The zero-order valence-corrected chi connectivity index (χ0v) is 16.8. The SMILES string of the molecule is C=C.CC/C=C(\C)C1C(c2ccccc2)C1(Cl)Cl.Cc1nccs1. The van der Waals surface area contributed by atoms with E-state index in [1.165, 1.54) is 11.1 Å². The van der Waals surface area contributed by atoms with E-state index < -0.39 is 4.33 Å². The van der Waals surface area contributed by atoms with Gasteiger partial charge in [-0.3, -0.25) is 4.98 Å². The van der Waals surface area contributed by atoms with Gasteiger partial charge in [0.05, 0.1) is 5.01 Å². The van der Waals surface area contributed by atoms with Crippen LogP contribution in [0.4, 0.5) is 0 Å². The lowest BCUT2D eigenvalue weighted by atomic mass is 10.1. The minimum atomic E-state index is -0.614. The Hall–Kier alpha value is -1.09. The van der Waals surface area contributed by atoms with E-state index in [0.29, 0.717) is 0 Å². The highest BCUT2D eigenvalue weighted by Crippen LogP contribution is 2.67. The molecule has 1 aliphatic carbocycles. The van der Waals surface area contributed by atoms with Gasteiger partial charge in [0.1, 0.15) is 4.33 Å². The molecule has 0 amide bonds. The van der Waals surface area contributed by atoms with Crippen LogP contribution in [0.3, 0.4) is 0 Å². The van der Waals surface area contributed by atoms with E-state index in [0.717, 1.165) is 11.4 Å². The van der Waals surface area contributed by atoms with Crippen molar-refractivity contribution in [3.05, 3.63) is 77.3 Å². The minimum Gasteiger partial charge on any atom is -0.250 e. The van der Waals surface area contributed by atoms with Gasteiger partial charge in [0.25, 0.3) is 0 Å². The van der Waals surface area contributed by atoms with Gasteiger partial charge in [0, 0.05) is 23.4 Å². The van der Waals surface area contributed by atoms with Crippen molar-refractivity contribution in [1.29, 1.82) is 0 Å². The van der Waals surface area contributed by atoms with Crippen molar-refractivity contribution in [2.24, 2.45) is 5.92 Å². The van der Waals surface area contributed by atoms with Crippen LogP contribution in [0.1, 0.15) is 36.8 Å². The number of thiazole rings is 1. The topological polar surface area (TPSA) is 12.9 Å². The van der Waals surface area contributed by atoms with Crippen LogP contribution in [-0.4, -0.2) is 9.32 Å². The first-order valence-corrected chi connectivity index (χ1v) is 9.57. The van der Waals surface area contributed by atoms with Crippen molar-refractivity contribution in [3.63, 3.8) is 0 Å². The van der Waals surface area contributed by atoms with Crippen molar-refractivity contribution >= 4 is 34.5 Å². The van der Waals surface area contributed by atoms with Gasteiger partial charge in [0.15, 0.2) is 0 Å². The molecule has 3 rings (SSSR count). The molecule has 2 unspecified atom stereocenters. The standard InChI is InChI=1S/C14H16Cl2.C4H5NS.C2H4/c1-3-7-10(2)12-13(14(12,15)16)11-8-5-4-6-9-11;1-4-5-2-3-6-4;1-2/h4-9,12-13H,3H2,1-2H3;2-3H,1H3;1-2H2/b10-7+;;. The van der Waals surface area contributed by atoms with Crippen LogP contribution in [-0.2, 0) is 0 Å². The Kier molecular flexibility index (Phi) is 8.75. The number of nitrogens with zero attached hydrogens (tertiary/aromatic N) is 1. The molecule has 0 N–H and O–H groups in total.